The average Bonchev–Trinajstić information content (AvgIpc) is 3.43. The molecule has 2 unspecified atom stereocenters. The van der Waals surface area contributed by atoms with Crippen molar-refractivity contribution in [3.8, 4) is 0 Å². The average molecular weight is 538 g/mol. The number of anilines is 1. The molecular weight excluding hydrogens is 515 g/mol. The van der Waals surface area contributed by atoms with E-state index in [9.17, 15) is 44.3 Å². The molecule has 202 valence electrons. The number of benzene rings is 2. The summed E-state index contributed by atoms with van der Waals surface area (Å²) in [5, 5.41) is 2.88. The van der Waals surface area contributed by atoms with E-state index in [1.165, 1.54) is 4.90 Å². The molecule has 1 heterocycles. The summed E-state index contributed by atoms with van der Waals surface area (Å²) in [5.74, 6) is -0.143. The highest BCUT2D eigenvalue weighted by Gasteiger charge is 2.60. The van der Waals surface area contributed by atoms with E-state index >= 15 is 0 Å². The molecule has 4 rings (SSSR count). The normalized spacial score (nSPS) is 22.3. The Labute approximate surface area is 206 Å². The van der Waals surface area contributed by atoms with Crippen LogP contribution in [-0.4, -0.2) is 25.2 Å². The Balaban J connectivity index is 1.71. The number of fused-ring (bicyclic) bond motifs is 1. The Morgan fingerprint density at radius 1 is 0.973 bits per heavy atom. The largest absolute Gasteiger partial charge is 0.416 e. The Hall–Kier alpha value is -2.92. The van der Waals surface area contributed by atoms with Crippen molar-refractivity contribution < 1.29 is 44.3 Å². The quantitative estimate of drug-likeness (QED) is 0.428. The zero-order chi connectivity index (χ0) is 27.4. The molecule has 2 atom stereocenters. The lowest BCUT2D eigenvalue weighted by Crippen LogP contribution is -2.45. The molecule has 1 saturated heterocycles. The van der Waals surface area contributed by atoms with Crippen LogP contribution in [0, 0.1) is 0 Å². The van der Waals surface area contributed by atoms with E-state index in [0.717, 1.165) is 11.1 Å². The Bertz CT molecular complexity index is 1150. The molecule has 0 bridgehead atoms. The van der Waals surface area contributed by atoms with Crippen LogP contribution in [0.25, 0.3) is 0 Å². The number of nitrogens with zero attached hydrogens (tertiary/aromatic N) is 1. The van der Waals surface area contributed by atoms with Gasteiger partial charge in [-0.05, 0) is 66.3 Å². The van der Waals surface area contributed by atoms with Crippen molar-refractivity contribution in [1.29, 1.82) is 0 Å². The van der Waals surface area contributed by atoms with Crippen molar-refractivity contribution in [2.24, 2.45) is 0 Å². The fourth-order valence-electron chi connectivity index (χ4n) is 5.14. The number of hydrogen-bond donors (Lipinski definition) is 1. The van der Waals surface area contributed by atoms with Crippen LogP contribution < -0.4 is 10.2 Å². The van der Waals surface area contributed by atoms with Gasteiger partial charge < -0.3 is 10.2 Å². The van der Waals surface area contributed by atoms with Gasteiger partial charge in [-0.2, -0.15) is 39.5 Å². The van der Waals surface area contributed by atoms with E-state index in [0.29, 0.717) is 24.9 Å². The summed E-state index contributed by atoms with van der Waals surface area (Å²) in [4.78, 5) is 13.1. The second-order valence-electron chi connectivity index (χ2n) is 9.44. The van der Waals surface area contributed by atoms with Gasteiger partial charge in [-0.1, -0.05) is 13.0 Å². The monoisotopic (exact) mass is 538 g/mol. The van der Waals surface area contributed by atoms with Crippen LogP contribution in [0.15, 0.2) is 36.4 Å². The molecule has 0 saturated carbocycles. The fraction of sp³-hybridized carbons (Fsp3) is 0.480. The second kappa shape index (κ2) is 9.13. The lowest BCUT2D eigenvalue weighted by atomic mass is 9.77. The minimum atomic E-state index is -5.26. The van der Waals surface area contributed by atoms with Gasteiger partial charge in [-0.3, -0.25) is 4.79 Å². The summed E-state index contributed by atoms with van der Waals surface area (Å²) >= 11 is 0. The van der Waals surface area contributed by atoms with E-state index in [1.807, 2.05) is 0 Å². The Morgan fingerprint density at radius 2 is 1.59 bits per heavy atom. The first-order valence-electron chi connectivity index (χ1n) is 11.6. The molecule has 1 aliphatic carbocycles. The van der Waals surface area contributed by atoms with Gasteiger partial charge in [0.1, 0.15) is 5.41 Å². The third-order valence-electron chi connectivity index (χ3n) is 7.18. The minimum Gasteiger partial charge on any atom is -0.370 e. The van der Waals surface area contributed by atoms with Crippen molar-refractivity contribution in [1.82, 2.24) is 5.32 Å². The molecule has 2 aliphatic rings. The van der Waals surface area contributed by atoms with Crippen molar-refractivity contribution in [3.63, 3.8) is 0 Å². The van der Waals surface area contributed by atoms with E-state index in [-0.39, 0.29) is 36.7 Å². The lowest BCUT2D eigenvalue weighted by molar-refractivity contribution is -0.185. The predicted octanol–water partition coefficient (Wildman–Crippen LogP) is 6.95. The molecule has 1 aliphatic heterocycles. The maximum absolute atomic E-state index is 14.4. The van der Waals surface area contributed by atoms with Crippen LogP contribution in [0.1, 0.15) is 60.0 Å². The van der Waals surface area contributed by atoms with E-state index in [4.69, 9.17) is 0 Å². The summed E-state index contributed by atoms with van der Waals surface area (Å²) in [5.41, 5.74) is -5.51. The summed E-state index contributed by atoms with van der Waals surface area (Å²) in [6.07, 6.45) is -14.9. The molecule has 1 amide bonds. The van der Waals surface area contributed by atoms with Gasteiger partial charge in [0, 0.05) is 25.2 Å². The van der Waals surface area contributed by atoms with E-state index in [2.05, 4.69) is 5.32 Å². The van der Waals surface area contributed by atoms with Crippen LogP contribution in [0.4, 0.5) is 45.2 Å². The number of rotatable bonds is 4. The first kappa shape index (κ1) is 27.1. The number of carbonyl (C=O) groups excluding carboxylic acids is 1. The highest BCUT2D eigenvalue weighted by Crippen LogP contribution is 2.51. The molecule has 0 radical (unpaired) electrons. The van der Waals surface area contributed by atoms with Crippen LogP contribution >= 0.6 is 0 Å². The highest BCUT2D eigenvalue weighted by atomic mass is 19.4. The number of aryl methyl sites for hydroxylation is 1. The number of carbonyl (C=O) groups is 1. The number of nitrogens with one attached hydrogen (secondary N) is 1. The fourth-order valence-corrected chi connectivity index (χ4v) is 5.14. The van der Waals surface area contributed by atoms with Gasteiger partial charge >= 0.3 is 18.5 Å². The maximum atomic E-state index is 14.4. The molecule has 2 aromatic carbocycles. The summed E-state index contributed by atoms with van der Waals surface area (Å²) in [7, 11) is 0. The van der Waals surface area contributed by atoms with E-state index < -0.39 is 53.6 Å². The van der Waals surface area contributed by atoms with Gasteiger partial charge in [0.25, 0.3) is 0 Å². The highest BCUT2D eigenvalue weighted by molar-refractivity contribution is 5.76. The Morgan fingerprint density at radius 3 is 2.14 bits per heavy atom. The molecule has 12 heteroatoms. The number of hydrogen-bond acceptors (Lipinski definition) is 2. The van der Waals surface area contributed by atoms with Gasteiger partial charge in [-0.15, -0.1) is 0 Å². The third kappa shape index (κ3) is 5.11. The van der Waals surface area contributed by atoms with Crippen molar-refractivity contribution in [3.05, 3.63) is 64.2 Å². The molecule has 37 heavy (non-hydrogen) atoms. The molecule has 3 nitrogen and oxygen atoms in total. The lowest BCUT2D eigenvalue weighted by Gasteiger charge is -2.33. The number of halogens is 9. The molecule has 1 fully saturated rings. The van der Waals surface area contributed by atoms with Gasteiger partial charge in [0.05, 0.1) is 17.2 Å². The van der Waals surface area contributed by atoms with Crippen LogP contribution in [0.2, 0.25) is 0 Å². The van der Waals surface area contributed by atoms with Crippen molar-refractivity contribution in [2.45, 2.75) is 62.6 Å². The van der Waals surface area contributed by atoms with Crippen molar-refractivity contribution >= 4 is 11.6 Å². The number of amides is 1. The SMILES string of the molecule is CCC(=O)NC1CCc2cc(N3CCC(c4cc(C(F)(F)F)cc(C(F)(F)F)c4)(C(F)(F)F)C3)ccc21. The number of alkyl halides is 9. The zero-order valence-electron chi connectivity index (χ0n) is 19.5. The smallest absolute Gasteiger partial charge is 0.370 e. The molecular formula is C25H23F9N2O. The predicted molar refractivity (Wildman–Crippen MR) is 117 cm³/mol. The van der Waals surface area contributed by atoms with Crippen LogP contribution in [0.5, 0.6) is 0 Å². The summed E-state index contributed by atoms with van der Waals surface area (Å²) < 4.78 is 123. The van der Waals surface area contributed by atoms with Crippen molar-refractivity contribution in [2.75, 3.05) is 18.0 Å². The topological polar surface area (TPSA) is 32.3 Å². The standard InChI is InChI=1S/C25H23F9N2O/c1-2-21(37)35-20-6-3-14-9-18(4-5-19(14)20)36-8-7-22(13-36,25(32,33)34)15-10-16(23(26,27)28)12-17(11-15)24(29,30)31/h4-5,9-12,20H,2-3,6-8,13H2,1H3,(H,35,37). The maximum Gasteiger partial charge on any atom is 0.416 e. The molecule has 2 aromatic rings. The Kier molecular flexibility index (Phi) is 6.69. The van der Waals surface area contributed by atoms with Gasteiger partial charge in [0.15, 0.2) is 0 Å². The first-order valence-corrected chi connectivity index (χ1v) is 11.6. The van der Waals surface area contributed by atoms with E-state index in [1.54, 1.807) is 25.1 Å². The minimum absolute atomic E-state index is 0.143. The molecule has 1 N–H and O–H groups in total. The first-order chi connectivity index (χ1) is 17.0. The summed E-state index contributed by atoms with van der Waals surface area (Å²) in [6, 6.07) is 4.88. The van der Waals surface area contributed by atoms with Crippen LogP contribution in [0.3, 0.4) is 0 Å². The zero-order valence-corrected chi connectivity index (χ0v) is 19.5. The third-order valence-corrected chi connectivity index (χ3v) is 7.18. The summed E-state index contributed by atoms with van der Waals surface area (Å²) in [6.45, 7) is 0.659. The van der Waals surface area contributed by atoms with Crippen LogP contribution in [-0.2, 0) is 29.0 Å². The van der Waals surface area contributed by atoms with Gasteiger partial charge in [0.2, 0.25) is 5.91 Å². The van der Waals surface area contributed by atoms with Gasteiger partial charge in [-0.25, -0.2) is 0 Å². The second-order valence-corrected chi connectivity index (χ2v) is 9.44. The molecule has 0 spiro atoms. The molecule has 0 aromatic heterocycles.